The molecule has 0 radical (unpaired) electrons. The Kier molecular flexibility index (Phi) is 6.39. The molecule has 38 heavy (non-hydrogen) atoms. The van der Waals surface area contributed by atoms with Gasteiger partial charge in [0.15, 0.2) is 11.5 Å². The molecule has 0 spiro atoms. The number of rotatable bonds is 3. The zero-order valence-corrected chi connectivity index (χ0v) is 20.9. The molecule has 4 heterocycles. The van der Waals surface area contributed by atoms with Crippen LogP contribution in [0.5, 0.6) is 0 Å². The number of carbonyl (C=O) groups excluding carboxylic acids is 1. The highest BCUT2D eigenvalue weighted by Gasteiger charge is 2.48. The molecule has 1 saturated heterocycles. The molecule has 0 aliphatic carbocycles. The van der Waals surface area contributed by atoms with E-state index in [1.165, 1.54) is 0 Å². The first-order chi connectivity index (χ1) is 17.9. The van der Waals surface area contributed by atoms with E-state index in [0.717, 1.165) is 29.1 Å². The van der Waals surface area contributed by atoms with Gasteiger partial charge in [-0.25, -0.2) is 9.37 Å². The number of aliphatic hydroxyl groups excluding tert-OH is 1. The highest BCUT2D eigenvalue weighted by molar-refractivity contribution is 6.04. The molecule has 3 aromatic rings. The molecule has 11 heteroatoms. The fourth-order valence-corrected chi connectivity index (χ4v) is 5.12. The summed E-state index contributed by atoms with van der Waals surface area (Å²) in [6.07, 6.45) is -3.43. The van der Waals surface area contributed by atoms with Gasteiger partial charge in [0.1, 0.15) is 6.10 Å². The van der Waals surface area contributed by atoms with E-state index < -0.39 is 40.7 Å². The molecular formula is C27H26F4N4O3. The number of carbonyl (C=O) groups is 1. The number of aromatic nitrogens is 2. The number of nitrogens with zero attached hydrogens (tertiary/aromatic N) is 3. The van der Waals surface area contributed by atoms with E-state index in [1.807, 2.05) is 26.8 Å². The topological polar surface area (TPSA) is 87.6 Å². The van der Waals surface area contributed by atoms with Crippen LogP contribution in [-0.4, -0.2) is 46.8 Å². The summed E-state index contributed by atoms with van der Waals surface area (Å²) in [5, 5.41) is 13.6. The average Bonchev–Trinajstić information content (AvgIpc) is 2.88. The monoisotopic (exact) mass is 530 g/mol. The number of pyridine rings is 2. The van der Waals surface area contributed by atoms with Crippen molar-refractivity contribution in [3.05, 3.63) is 71.1 Å². The number of halogens is 4. The van der Waals surface area contributed by atoms with E-state index in [-0.39, 0.29) is 11.7 Å². The lowest BCUT2D eigenvalue weighted by Crippen LogP contribution is -2.58. The van der Waals surface area contributed by atoms with Crippen LogP contribution in [0.15, 0.2) is 42.7 Å². The summed E-state index contributed by atoms with van der Waals surface area (Å²) in [5.41, 5.74) is 0.954. The van der Waals surface area contributed by atoms with Gasteiger partial charge in [-0.3, -0.25) is 9.78 Å². The number of benzene rings is 1. The largest absolute Gasteiger partial charge is 0.436 e. The molecule has 7 nitrogen and oxygen atoms in total. The number of anilines is 2. The van der Waals surface area contributed by atoms with Gasteiger partial charge in [-0.05, 0) is 42.3 Å². The number of aliphatic hydroxyl groups is 1. The first kappa shape index (κ1) is 26.1. The Balaban J connectivity index is 1.48. The molecule has 1 aromatic carbocycles. The van der Waals surface area contributed by atoms with Crippen molar-refractivity contribution >= 4 is 17.3 Å². The van der Waals surface area contributed by atoms with Gasteiger partial charge in [-0.15, -0.1) is 0 Å². The second kappa shape index (κ2) is 9.32. The molecule has 1 fully saturated rings. The summed E-state index contributed by atoms with van der Waals surface area (Å²) in [7, 11) is 0. The number of morpholine rings is 1. The summed E-state index contributed by atoms with van der Waals surface area (Å²) in [6.45, 7) is 7.52. The lowest BCUT2D eigenvalue weighted by molar-refractivity contribution is -0.143. The van der Waals surface area contributed by atoms with Gasteiger partial charge < -0.3 is 20.1 Å². The summed E-state index contributed by atoms with van der Waals surface area (Å²) in [6, 6.07) is 7.76. The molecule has 2 aliphatic rings. The van der Waals surface area contributed by atoms with Gasteiger partial charge in [0.2, 0.25) is 0 Å². The van der Waals surface area contributed by atoms with Crippen LogP contribution in [0.2, 0.25) is 0 Å². The van der Waals surface area contributed by atoms with Crippen LogP contribution in [0.25, 0.3) is 11.1 Å². The van der Waals surface area contributed by atoms with Crippen molar-refractivity contribution in [1.29, 1.82) is 0 Å². The van der Waals surface area contributed by atoms with Gasteiger partial charge in [-0.1, -0.05) is 19.9 Å². The van der Waals surface area contributed by atoms with Crippen molar-refractivity contribution in [2.45, 2.75) is 39.1 Å². The van der Waals surface area contributed by atoms with E-state index in [2.05, 4.69) is 20.2 Å². The van der Waals surface area contributed by atoms with Crippen molar-refractivity contribution in [1.82, 2.24) is 9.97 Å². The van der Waals surface area contributed by atoms with Crippen LogP contribution in [-0.2, 0) is 10.9 Å². The zero-order valence-electron chi connectivity index (χ0n) is 20.9. The van der Waals surface area contributed by atoms with E-state index in [4.69, 9.17) is 4.74 Å². The minimum absolute atomic E-state index is 0.0423. The third kappa shape index (κ3) is 4.39. The van der Waals surface area contributed by atoms with Crippen molar-refractivity contribution in [3.8, 4) is 11.1 Å². The average molecular weight is 531 g/mol. The second-order valence-corrected chi connectivity index (χ2v) is 10.1. The van der Waals surface area contributed by atoms with Crippen molar-refractivity contribution in [3.63, 3.8) is 0 Å². The molecule has 1 amide bonds. The maximum atomic E-state index is 14.4. The smallest absolute Gasteiger partial charge is 0.386 e. The number of alkyl halides is 3. The number of aryl methyl sites for hydroxylation is 1. The van der Waals surface area contributed by atoms with E-state index in [0.29, 0.717) is 31.0 Å². The predicted molar refractivity (Wildman–Crippen MR) is 132 cm³/mol. The van der Waals surface area contributed by atoms with Crippen LogP contribution in [0.1, 0.15) is 47.3 Å². The number of amides is 1. The molecule has 2 aliphatic heterocycles. The summed E-state index contributed by atoms with van der Waals surface area (Å²) < 4.78 is 59.2. The molecule has 0 saturated carbocycles. The third-order valence-corrected chi connectivity index (χ3v) is 7.37. The number of fused-ring (bicyclic) bond motifs is 3. The quantitative estimate of drug-likeness (QED) is 0.456. The molecule has 2 aromatic heterocycles. The van der Waals surface area contributed by atoms with E-state index in [1.54, 1.807) is 24.4 Å². The van der Waals surface area contributed by atoms with E-state index >= 15 is 0 Å². The van der Waals surface area contributed by atoms with Crippen LogP contribution in [0, 0.1) is 18.2 Å². The highest BCUT2D eigenvalue weighted by Crippen LogP contribution is 2.49. The van der Waals surface area contributed by atoms with Crippen molar-refractivity contribution in [2.75, 3.05) is 30.0 Å². The highest BCUT2D eigenvalue weighted by atomic mass is 19.4. The van der Waals surface area contributed by atoms with E-state index in [9.17, 15) is 27.5 Å². The van der Waals surface area contributed by atoms with Crippen molar-refractivity contribution in [2.24, 2.45) is 5.41 Å². The second-order valence-electron chi connectivity index (χ2n) is 10.1. The Bertz CT molecular complexity index is 1410. The lowest BCUT2D eigenvalue weighted by atomic mass is 9.73. The minimum Gasteiger partial charge on any atom is -0.386 e. The van der Waals surface area contributed by atoms with Crippen LogP contribution in [0.3, 0.4) is 0 Å². The standard InChI is InChI=1S/C27H26F4N4O3/c1-14-4-5-16(34-25(37)17-6-7-32-23(21(17)28)27(29,30)31)11-18(14)15-10-19-22(33-12-15)24(36)26(2,3)20-13-38-9-8-35(19)20/h4-7,10-12,20,24,36H,8-9,13H2,1-3H3,(H,34,37). The summed E-state index contributed by atoms with van der Waals surface area (Å²) in [4.78, 5) is 22.5. The Labute approximate surface area is 216 Å². The number of nitrogens with one attached hydrogen (secondary N) is 1. The lowest BCUT2D eigenvalue weighted by Gasteiger charge is -2.52. The Morgan fingerprint density at radius 1 is 1.21 bits per heavy atom. The first-order valence-electron chi connectivity index (χ1n) is 12.1. The van der Waals surface area contributed by atoms with Gasteiger partial charge >= 0.3 is 6.18 Å². The van der Waals surface area contributed by atoms with Crippen LogP contribution >= 0.6 is 0 Å². The number of hydrogen-bond acceptors (Lipinski definition) is 6. The maximum absolute atomic E-state index is 14.4. The Morgan fingerprint density at radius 3 is 2.71 bits per heavy atom. The fourth-order valence-electron chi connectivity index (χ4n) is 5.12. The molecule has 2 unspecified atom stereocenters. The molecular weight excluding hydrogens is 504 g/mol. The summed E-state index contributed by atoms with van der Waals surface area (Å²) in [5.74, 6) is -2.76. The summed E-state index contributed by atoms with van der Waals surface area (Å²) >= 11 is 0. The fraction of sp³-hybridized carbons (Fsp3) is 0.370. The van der Waals surface area contributed by atoms with Crippen LogP contribution in [0.4, 0.5) is 28.9 Å². The zero-order chi connectivity index (χ0) is 27.4. The molecule has 5 rings (SSSR count). The molecule has 2 atom stereocenters. The van der Waals surface area contributed by atoms with Gasteiger partial charge in [0.25, 0.3) is 5.91 Å². The Morgan fingerprint density at radius 2 is 1.97 bits per heavy atom. The number of hydrogen-bond donors (Lipinski definition) is 2. The van der Waals surface area contributed by atoms with Gasteiger partial charge in [-0.2, -0.15) is 13.2 Å². The van der Waals surface area contributed by atoms with Crippen molar-refractivity contribution < 1.29 is 32.2 Å². The number of ether oxygens (including phenoxy) is 1. The SMILES string of the molecule is Cc1ccc(NC(=O)c2ccnc(C(F)(F)F)c2F)cc1-c1cnc2c(c1)N1CCOCC1C(C)(C)C2O. The van der Waals surface area contributed by atoms with Gasteiger partial charge in [0, 0.05) is 35.6 Å². The van der Waals surface area contributed by atoms with Gasteiger partial charge in [0.05, 0.1) is 36.2 Å². The molecule has 200 valence electrons. The van der Waals surface area contributed by atoms with Crippen LogP contribution < -0.4 is 10.2 Å². The third-order valence-electron chi connectivity index (χ3n) is 7.37. The molecule has 0 bridgehead atoms. The normalized spacial score (nSPS) is 20.5. The predicted octanol–water partition coefficient (Wildman–Crippen LogP) is 5.14. The Hall–Kier alpha value is -3.57. The minimum atomic E-state index is -5.03. The molecule has 2 N–H and O–H groups in total. The first-order valence-corrected chi connectivity index (χ1v) is 12.1. The maximum Gasteiger partial charge on any atom is 0.436 e.